The van der Waals surface area contributed by atoms with Crippen molar-refractivity contribution in [3.05, 3.63) is 76.8 Å². The van der Waals surface area contributed by atoms with Crippen molar-refractivity contribution < 1.29 is 0 Å². The van der Waals surface area contributed by atoms with Crippen LogP contribution in [-0.4, -0.2) is 19.6 Å². The lowest BCUT2D eigenvalue weighted by atomic mass is 10.1. The maximum Gasteiger partial charge on any atom is 0.258 e. The second kappa shape index (κ2) is 5.45. The third-order valence-corrected chi connectivity index (χ3v) is 4.25. The van der Waals surface area contributed by atoms with Crippen molar-refractivity contribution in [3.63, 3.8) is 0 Å². The zero-order chi connectivity index (χ0) is 16.7. The van der Waals surface area contributed by atoms with Gasteiger partial charge in [0.2, 0.25) is 0 Å². The molecule has 0 fully saturated rings. The number of hydrogen-bond donors (Lipinski definition) is 0. The number of hydrogen-bond acceptors (Lipinski definition) is 3. The molecule has 0 bridgehead atoms. The van der Waals surface area contributed by atoms with E-state index in [4.69, 9.17) is 0 Å². The van der Waals surface area contributed by atoms with Gasteiger partial charge in [-0.1, -0.05) is 29.5 Å². The third kappa shape index (κ3) is 2.22. The highest BCUT2D eigenvalue weighted by atomic mass is 16.1. The van der Waals surface area contributed by atoms with E-state index in [-0.39, 0.29) is 5.56 Å². The minimum Gasteiger partial charge on any atom is -0.318 e. The maximum atomic E-state index is 12.2. The van der Waals surface area contributed by atoms with Crippen molar-refractivity contribution in [2.24, 2.45) is 7.05 Å². The van der Waals surface area contributed by atoms with E-state index in [0.717, 1.165) is 28.0 Å². The van der Waals surface area contributed by atoms with Gasteiger partial charge < -0.3 is 4.57 Å². The van der Waals surface area contributed by atoms with E-state index in [1.807, 2.05) is 66.2 Å². The van der Waals surface area contributed by atoms with Crippen LogP contribution < -0.4 is 5.56 Å². The highest BCUT2D eigenvalue weighted by Crippen LogP contribution is 2.25. The first-order chi connectivity index (χ1) is 11.6. The Balaban J connectivity index is 1.85. The SMILES string of the molecule is Cc1c(-c2ccc3c(=O)n(C)ccc3c2)nnn1-c1ccccc1. The molecule has 0 aliphatic heterocycles. The molecule has 0 saturated carbocycles. The molecule has 4 aromatic rings. The van der Waals surface area contributed by atoms with E-state index in [0.29, 0.717) is 5.39 Å². The fraction of sp³-hybridized carbons (Fsp3) is 0.105. The molecule has 2 aromatic heterocycles. The molecule has 0 radical (unpaired) electrons. The number of nitrogens with zero attached hydrogens (tertiary/aromatic N) is 4. The van der Waals surface area contributed by atoms with Crippen LogP contribution in [0, 0.1) is 6.92 Å². The Morgan fingerprint density at radius 2 is 1.79 bits per heavy atom. The van der Waals surface area contributed by atoms with Crippen LogP contribution in [0.3, 0.4) is 0 Å². The molecule has 0 N–H and O–H groups in total. The summed E-state index contributed by atoms with van der Waals surface area (Å²) in [4.78, 5) is 12.2. The second-order valence-corrected chi connectivity index (χ2v) is 5.80. The number of fused-ring (bicyclic) bond motifs is 1. The molecular weight excluding hydrogens is 300 g/mol. The topological polar surface area (TPSA) is 52.7 Å². The number of benzene rings is 2. The van der Waals surface area contributed by atoms with Gasteiger partial charge >= 0.3 is 0 Å². The molecule has 2 heterocycles. The predicted octanol–water partition coefficient (Wildman–Crippen LogP) is 3.09. The third-order valence-electron chi connectivity index (χ3n) is 4.25. The van der Waals surface area contributed by atoms with Crippen LogP contribution in [0.5, 0.6) is 0 Å². The number of aromatic nitrogens is 4. The molecule has 0 saturated heterocycles. The van der Waals surface area contributed by atoms with E-state index in [1.54, 1.807) is 17.8 Å². The van der Waals surface area contributed by atoms with E-state index in [1.165, 1.54) is 0 Å². The molecule has 24 heavy (non-hydrogen) atoms. The average Bonchev–Trinajstić information content (AvgIpc) is 3.00. The van der Waals surface area contributed by atoms with Crippen LogP contribution >= 0.6 is 0 Å². The Hall–Kier alpha value is -3.21. The average molecular weight is 316 g/mol. The molecule has 0 spiro atoms. The van der Waals surface area contributed by atoms with Crippen LogP contribution in [0.1, 0.15) is 5.69 Å². The lowest BCUT2D eigenvalue weighted by molar-refractivity contribution is 0.785. The van der Waals surface area contributed by atoms with Crippen LogP contribution in [0.4, 0.5) is 0 Å². The zero-order valence-corrected chi connectivity index (χ0v) is 13.5. The first-order valence-electron chi connectivity index (χ1n) is 7.72. The van der Waals surface area contributed by atoms with Crippen molar-refractivity contribution >= 4 is 10.8 Å². The quantitative estimate of drug-likeness (QED) is 0.571. The first kappa shape index (κ1) is 14.4. The lowest BCUT2D eigenvalue weighted by Gasteiger charge is -2.05. The number of pyridine rings is 1. The Morgan fingerprint density at radius 1 is 1.00 bits per heavy atom. The molecule has 0 amide bonds. The summed E-state index contributed by atoms with van der Waals surface area (Å²) in [6, 6.07) is 17.6. The summed E-state index contributed by atoms with van der Waals surface area (Å²) in [5.74, 6) is 0. The van der Waals surface area contributed by atoms with E-state index >= 15 is 0 Å². The minimum atomic E-state index is 0.00344. The molecular formula is C19H16N4O. The number of para-hydroxylation sites is 1. The fourth-order valence-electron chi connectivity index (χ4n) is 2.90. The lowest BCUT2D eigenvalue weighted by Crippen LogP contribution is -2.15. The van der Waals surface area contributed by atoms with E-state index < -0.39 is 0 Å². The smallest absolute Gasteiger partial charge is 0.258 e. The van der Waals surface area contributed by atoms with Crippen molar-refractivity contribution in [3.8, 4) is 16.9 Å². The number of aryl methyl sites for hydroxylation is 1. The van der Waals surface area contributed by atoms with Crippen molar-refractivity contribution in [2.45, 2.75) is 6.92 Å². The summed E-state index contributed by atoms with van der Waals surface area (Å²) < 4.78 is 3.41. The second-order valence-electron chi connectivity index (χ2n) is 5.80. The van der Waals surface area contributed by atoms with Gasteiger partial charge in [0.05, 0.1) is 11.4 Å². The van der Waals surface area contributed by atoms with Crippen molar-refractivity contribution in [1.82, 2.24) is 19.6 Å². The molecule has 0 unspecified atom stereocenters. The molecule has 5 heteroatoms. The van der Waals surface area contributed by atoms with Gasteiger partial charge in [0.15, 0.2) is 0 Å². The van der Waals surface area contributed by atoms with E-state index in [2.05, 4.69) is 10.3 Å². The summed E-state index contributed by atoms with van der Waals surface area (Å²) in [6.45, 7) is 2.00. The van der Waals surface area contributed by atoms with Crippen molar-refractivity contribution in [1.29, 1.82) is 0 Å². The molecule has 118 valence electrons. The highest BCUT2D eigenvalue weighted by Gasteiger charge is 2.13. The summed E-state index contributed by atoms with van der Waals surface area (Å²) in [5.41, 5.74) is 3.72. The van der Waals surface area contributed by atoms with Crippen LogP contribution in [0.2, 0.25) is 0 Å². The predicted molar refractivity (Wildman–Crippen MR) is 94.3 cm³/mol. The van der Waals surface area contributed by atoms with Crippen LogP contribution in [0.15, 0.2) is 65.6 Å². The van der Waals surface area contributed by atoms with Gasteiger partial charge in [0, 0.05) is 24.2 Å². The van der Waals surface area contributed by atoms with Gasteiger partial charge in [0.1, 0.15) is 5.69 Å². The van der Waals surface area contributed by atoms with Gasteiger partial charge in [-0.15, -0.1) is 5.10 Å². The Kier molecular flexibility index (Phi) is 3.27. The zero-order valence-electron chi connectivity index (χ0n) is 13.5. The molecule has 0 aliphatic carbocycles. The normalized spacial score (nSPS) is 11.1. The van der Waals surface area contributed by atoms with Crippen molar-refractivity contribution in [2.75, 3.05) is 0 Å². The Labute approximate surface area is 138 Å². The molecule has 2 aromatic carbocycles. The monoisotopic (exact) mass is 316 g/mol. The molecule has 0 atom stereocenters. The summed E-state index contributed by atoms with van der Waals surface area (Å²) >= 11 is 0. The summed E-state index contributed by atoms with van der Waals surface area (Å²) in [6.07, 6.45) is 1.78. The van der Waals surface area contributed by atoms with Gasteiger partial charge in [-0.05, 0) is 42.6 Å². The number of rotatable bonds is 2. The fourth-order valence-corrected chi connectivity index (χ4v) is 2.90. The molecule has 0 aliphatic rings. The highest BCUT2D eigenvalue weighted by molar-refractivity contribution is 5.86. The Morgan fingerprint density at radius 3 is 2.58 bits per heavy atom. The van der Waals surface area contributed by atoms with Gasteiger partial charge in [0.25, 0.3) is 5.56 Å². The van der Waals surface area contributed by atoms with Gasteiger partial charge in [-0.2, -0.15) is 0 Å². The van der Waals surface area contributed by atoms with Gasteiger partial charge in [-0.25, -0.2) is 4.68 Å². The van der Waals surface area contributed by atoms with Gasteiger partial charge in [-0.3, -0.25) is 4.79 Å². The van der Waals surface area contributed by atoms with Crippen LogP contribution in [0.25, 0.3) is 27.7 Å². The standard InChI is InChI=1S/C19H16N4O/c1-13-18(20-21-23(13)16-6-4-3-5-7-16)15-8-9-17-14(12-15)10-11-22(2)19(17)24/h3-12H,1-2H3. The van der Waals surface area contributed by atoms with E-state index in [9.17, 15) is 4.79 Å². The van der Waals surface area contributed by atoms with Crippen LogP contribution in [-0.2, 0) is 7.05 Å². The molecule has 5 nitrogen and oxygen atoms in total. The summed E-state index contributed by atoms with van der Waals surface area (Å²) in [7, 11) is 1.76. The summed E-state index contributed by atoms with van der Waals surface area (Å²) in [5, 5.41) is 10.2. The largest absolute Gasteiger partial charge is 0.318 e. The molecule has 4 rings (SSSR count). The first-order valence-corrected chi connectivity index (χ1v) is 7.72. The minimum absolute atomic E-state index is 0.00344. The maximum absolute atomic E-state index is 12.2. The Bertz CT molecular complexity index is 1090.